The van der Waals surface area contributed by atoms with Crippen LogP contribution in [0.3, 0.4) is 0 Å². The molecule has 0 aromatic heterocycles. The monoisotopic (exact) mass is 189 g/mol. The number of benzene rings is 1. The maximum atomic E-state index is 3.39. The minimum Gasteiger partial charge on any atom is -0.314 e. The van der Waals surface area contributed by atoms with E-state index in [0.717, 1.165) is 19.6 Å². The van der Waals surface area contributed by atoms with Gasteiger partial charge in [0, 0.05) is 25.7 Å². The predicted molar refractivity (Wildman–Crippen MR) is 58.9 cm³/mol. The molecule has 1 heterocycles. The van der Waals surface area contributed by atoms with E-state index in [9.17, 15) is 0 Å². The summed E-state index contributed by atoms with van der Waals surface area (Å²) < 4.78 is 0. The van der Waals surface area contributed by atoms with Crippen molar-refractivity contribution in [2.75, 3.05) is 19.6 Å². The van der Waals surface area contributed by atoms with Crippen LogP contribution in [-0.2, 0) is 0 Å². The van der Waals surface area contributed by atoms with Crippen molar-refractivity contribution in [2.45, 2.75) is 13.0 Å². The molecular weight excluding hydrogens is 172 g/mol. The summed E-state index contributed by atoms with van der Waals surface area (Å²) in [5.41, 5.74) is 1.29. The first-order chi connectivity index (χ1) is 6.86. The van der Waals surface area contributed by atoms with Crippen LogP contribution < -0.4 is 5.32 Å². The van der Waals surface area contributed by atoms with Crippen molar-refractivity contribution in [1.82, 2.24) is 10.2 Å². The maximum absolute atomic E-state index is 3.39. The Morgan fingerprint density at radius 3 is 2.86 bits per heavy atom. The summed E-state index contributed by atoms with van der Waals surface area (Å²) in [7, 11) is 0. The average molecular weight is 189 g/mol. The van der Waals surface area contributed by atoms with E-state index in [0.29, 0.717) is 6.04 Å². The minimum absolute atomic E-state index is 0.601. The van der Waals surface area contributed by atoms with Gasteiger partial charge in [-0.3, -0.25) is 4.90 Å². The van der Waals surface area contributed by atoms with Gasteiger partial charge in [-0.15, -0.1) is 0 Å². The molecule has 2 rings (SSSR count). The molecule has 1 N–H and O–H groups in total. The van der Waals surface area contributed by atoms with Gasteiger partial charge in [-0.25, -0.2) is 0 Å². The molecule has 2 heteroatoms. The Labute approximate surface area is 85.9 Å². The average Bonchev–Trinajstić information content (AvgIpc) is 2.23. The van der Waals surface area contributed by atoms with Gasteiger partial charge in [0.15, 0.2) is 0 Å². The molecule has 1 saturated heterocycles. The van der Waals surface area contributed by atoms with E-state index in [2.05, 4.69) is 54.0 Å². The van der Waals surface area contributed by atoms with Crippen LogP contribution in [0.2, 0.25) is 0 Å². The van der Waals surface area contributed by atoms with Crippen molar-refractivity contribution in [3.63, 3.8) is 0 Å². The lowest BCUT2D eigenvalue weighted by atomic mass is 10.1. The third kappa shape index (κ3) is 2.34. The van der Waals surface area contributed by atoms with Crippen LogP contribution in [-0.4, -0.2) is 30.6 Å². The Morgan fingerprint density at radius 2 is 2.14 bits per heavy atom. The zero-order valence-electron chi connectivity index (χ0n) is 8.61. The molecule has 1 unspecified atom stereocenters. The first-order valence-electron chi connectivity index (χ1n) is 5.22. The molecule has 1 fully saturated rings. The molecule has 0 saturated carbocycles. The third-order valence-electron chi connectivity index (χ3n) is 2.67. The molecule has 1 aromatic rings. The Morgan fingerprint density at radius 1 is 1.36 bits per heavy atom. The number of piperazine rings is 1. The lowest BCUT2D eigenvalue weighted by Crippen LogP contribution is -2.48. The van der Waals surface area contributed by atoms with E-state index in [4.69, 9.17) is 0 Å². The summed E-state index contributed by atoms with van der Waals surface area (Å²) in [6.07, 6.45) is 0. The lowest BCUT2D eigenvalue weighted by Gasteiger charge is -2.33. The summed E-state index contributed by atoms with van der Waals surface area (Å²) >= 11 is 0. The highest BCUT2D eigenvalue weighted by atomic mass is 15.2. The molecule has 0 bridgehead atoms. The van der Waals surface area contributed by atoms with Crippen molar-refractivity contribution in [2.24, 2.45) is 0 Å². The van der Waals surface area contributed by atoms with E-state index in [1.54, 1.807) is 0 Å². The summed E-state index contributed by atoms with van der Waals surface area (Å²) in [4.78, 5) is 2.41. The number of nitrogens with one attached hydrogen (secondary N) is 1. The SMILES string of the molecule is CC1CNCCN1[CH]c1ccccc1. The Balaban J connectivity index is 1.96. The van der Waals surface area contributed by atoms with Crippen molar-refractivity contribution < 1.29 is 0 Å². The summed E-state index contributed by atoms with van der Waals surface area (Å²) in [5.74, 6) is 0. The molecule has 0 aliphatic carbocycles. The predicted octanol–water partition coefficient (Wildman–Crippen LogP) is 1.49. The Bertz CT molecular complexity index is 271. The largest absolute Gasteiger partial charge is 0.314 e. The van der Waals surface area contributed by atoms with E-state index in [-0.39, 0.29) is 0 Å². The second-order valence-electron chi connectivity index (χ2n) is 3.83. The van der Waals surface area contributed by atoms with Gasteiger partial charge in [0.05, 0.1) is 6.54 Å². The lowest BCUT2D eigenvalue weighted by molar-refractivity contribution is 0.223. The molecule has 1 radical (unpaired) electrons. The zero-order chi connectivity index (χ0) is 9.80. The van der Waals surface area contributed by atoms with Gasteiger partial charge in [0.25, 0.3) is 0 Å². The molecule has 1 atom stereocenters. The standard InChI is InChI=1S/C12H17N2/c1-11-9-13-7-8-14(11)10-12-5-3-2-4-6-12/h2-6,10-11,13H,7-9H2,1H3. The normalized spacial score (nSPS) is 23.6. The molecule has 0 amide bonds. The Kier molecular flexibility index (Phi) is 3.17. The summed E-state index contributed by atoms with van der Waals surface area (Å²) in [5, 5.41) is 3.39. The third-order valence-corrected chi connectivity index (χ3v) is 2.67. The topological polar surface area (TPSA) is 15.3 Å². The van der Waals surface area contributed by atoms with Crippen molar-refractivity contribution in [3.05, 3.63) is 42.4 Å². The molecule has 2 nitrogen and oxygen atoms in total. The first kappa shape index (κ1) is 9.69. The molecule has 0 spiro atoms. The van der Waals surface area contributed by atoms with Crippen LogP contribution in [0.4, 0.5) is 0 Å². The molecule has 1 aliphatic rings. The second-order valence-corrected chi connectivity index (χ2v) is 3.83. The van der Waals surface area contributed by atoms with Gasteiger partial charge in [0.2, 0.25) is 0 Å². The highest BCUT2D eigenvalue weighted by Crippen LogP contribution is 2.11. The van der Waals surface area contributed by atoms with E-state index in [1.807, 2.05) is 0 Å². The number of hydrogen-bond donors (Lipinski definition) is 1. The highest BCUT2D eigenvalue weighted by molar-refractivity contribution is 5.22. The number of rotatable bonds is 2. The van der Waals surface area contributed by atoms with Gasteiger partial charge >= 0.3 is 0 Å². The van der Waals surface area contributed by atoms with Crippen LogP contribution >= 0.6 is 0 Å². The van der Waals surface area contributed by atoms with Crippen molar-refractivity contribution >= 4 is 0 Å². The van der Waals surface area contributed by atoms with Gasteiger partial charge in [-0.2, -0.15) is 0 Å². The molecule has 1 aliphatic heterocycles. The van der Waals surface area contributed by atoms with Crippen molar-refractivity contribution in [1.29, 1.82) is 0 Å². The minimum atomic E-state index is 0.601. The van der Waals surface area contributed by atoms with Gasteiger partial charge in [-0.1, -0.05) is 30.3 Å². The molecule has 14 heavy (non-hydrogen) atoms. The Hall–Kier alpha value is -0.860. The number of nitrogens with zero attached hydrogens (tertiary/aromatic N) is 1. The smallest absolute Gasteiger partial charge is 0.0549 e. The quantitative estimate of drug-likeness (QED) is 0.758. The van der Waals surface area contributed by atoms with Gasteiger partial charge < -0.3 is 5.32 Å². The van der Waals surface area contributed by atoms with E-state index < -0.39 is 0 Å². The van der Waals surface area contributed by atoms with Crippen LogP contribution in [0, 0.1) is 6.54 Å². The summed E-state index contributed by atoms with van der Waals surface area (Å²) in [6, 6.07) is 11.1. The molecule has 75 valence electrons. The van der Waals surface area contributed by atoms with Gasteiger partial charge in [0.1, 0.15) is 0 Å². The number of hydrogen-bond acceptors (Lipinski definition) is 2. The van der Waals surface area contributed by atoms with E-state index >= 15 is 0 Å². The summed E-state index contributed by atoms with van der Waals surface area (Å²) in [6.45, 7) is 7.80. The van der Waals surface area contributed by atoms with Crippen molar-refractivity contribution in [3.8, 4) is 0 Å². The van der Waals surface area contributed by atoms with Gasteiger partial charge in [-0.05, 0) is 12.5 Å². The van der Waals surface area contributed by atoms with Crippen LogP contribution in [0.5, 0.6) is 0 Å². The van der Waals surface area contributed by atoms with Crippen LogP contribution in [0.15, 0.2) is 30.3 Å². The van der Waals surface area contributed by atoms with Crippen LogP contribution in [0.25, 0.3) is 0 Å². The fourth-order valence-electron chi connectivity index (χ4n) is 1.78. The zero-order valence-corrected chi connectivity index (χ0v) is 8.61. The maximum Gasteiger partial charge on any atom is 0.0549 e. The molecule has 1 aromatic carbocycles. The highest BCUT2D eigenvalue weighted by Gasteiger charge is 2.17. The van der Waals surface area contributed by atoms with Crippen LogP contribution in [0.1, 0.15) is 12.5 Å². The molecular formula is C12H17N2. The second kappa shape index (κ2) is 4.58. The van der Waals surface area contributed by atoms with E-state index in [1.165, 1.54) is 5.56 Å². The first-order valence-corrected chi connectivity index (χ1v) is 5.22. The fraction of sp³-hybridized carbons (Fsp3) is 0.417. The fourth-order valence-corrected chi connectivity index (χ4v) is 1.78.